The Kier molecular flexibility index (Phi) is 6.08. The number of aromatic nitrogens is 4. The average molecular weight is 410 g/mol. The van der Waals surface area contributed by atoms with E-state index in [4.69, 9.17) is 0 Å². The molecule has 1 unspecified atom stereocenters. The molecular formula is C25H22N4O2. The van der Waals surface area contributed by atoms with Crippen LogP contribution in [0, 0.1) is 6.92 Å². The van der Waals surface area contributed by atoms with Crippen LogP contribution in [0.1, 0.15) is 35.4 Å². The molecule has 1 atom stereocenters. The van der Waals surface area contributed by atoms with E-state index < -0.39 is 5.97 Å². The molecule has 0 saturated carbocycles. The first-order chi connectivity index (χ1) is 15.1. The van der Waals surface area contributed by atoms with Crippen molar-refractivity contribution in [3.05, 3.63) is 96.1 Å². The fourth-order valence-electron chi connectivity index (χ4n) is 3.59. The van der Waals surface area contributed by atoms with Crippen molar-refractivity contribution in [1.29, 1.82) is 0 Å². The van der Waals surface area contributed by atoms with Gasteiger partial charge >= 0.3 is 5.97 Å². The normalized spacial score (nSPS) is 11.8. The van der Waals surface area contributed by atoms with Crippen molar-refractivity contribution in [2.75, 3.05) is 0 Å². The molecule has 154 valence electrons. The SMILES string of the molecule is Cc1ccnc(-c2cc(C(CCC(=O)O)c3ccnc(-c4ccccn4)c3)ccn2)c1. The molecule has 0 saturated heterocycles. The highest BCUT2D eigenvalue weighted by Gasteiger charge is 2.18. The Labute approximate surface area is 180 Å². The molecule has 0 bridgehead atoms. The molecule has 6 heteroatoms. The third-order valence-corrected chi connectivity index (χ3v) is 5.12. The fraction of sp³-hybridized carbons (Fsp3) is 0.160. The highest BCUT2D eigenvalue weighted by Crippen LogP contribution is 2.32. The van der Waals surface area contributed by atoms with Crippen molar-refractivity contribution in [3.63, 3.8) is 0 Å². The highest BCUT2D eigenvalue weighted by molar-refractivity contribution is 5.67. The summed E-state index contributed by atoms with van der Waals surface area (Å²) in [6.45, 7) is 2.01. The fourth-order valence-corrected chi connectivity index (χ4v) is 3.59. The molecule has 0 aromatic carbocycles. The molecule has 0 radical (unpaired) electrons. The van der Waals surface area contributed by atoms with Gasteiger partial charge in [-0.3, -0.25) is 24.7 Å². The van der Waals surface area contributed by atoms with Crippen molar-refractivity contribution in [1.82, 2.24) is 19.9 Å². The van der Waals surface area contributed by atoms with Gasteiger partial charge in [0.1, 0.15) is 0 Å². The van der Waals surface area contributed by atoms with Gasteiger partial charge in [-0.2, -0.15) is 0 Å². The second kappa shape index (κ2) is 9.26. The number of carbonyl (C=O) groups is 1. The number of hydrogen-bond donors (Lipinski definition) is 1. The quantitative estimate of drug-likeness (QED) is 0.466. The predicted molar refractivity (Wildman–Crippen MR) is 118 cm³/mol. The van der Waals surface area contributed by atoms with Crippen LogP contribution in [0.5, 0.6) is 0 Å². The standard InChI is InChI=1S/C25H22N4O2/c1-17-7-11-27-22(14-17)24-16-19(9-13-29-24)20(5-6-25(30)31)18-8-12-28-23(15-18)21-4-2-3-10-26-21/h2-4,7-16,20H,5-6H2,1H3,(H,30,31). The van der Waals surface area contributed by atoms with Gasteiger partial charge in [0.2, 0.25) is 0 Å². The molecular weight excluding hydrogens is 388 g/mol. The Balaban J connectivity index is 1.74. The summed E-state index contributed by atoms with van der Waals surface area (Å²) in [7, 11) is 0. The Morgan fingerprint density at radius 1 is 0.774 bits per heavy atom. The molecule has 6 nitrogen and oxygen atoms in total. The van der Waals surface area contributed by atoms with E-state index in [9.17, 15) is 9.90 Å². The summed E-state index contributed by atoms with van der Waals surface area (Å²) >= 11 is 0. The molecule has 0 amide bonds. The van der Waals surface area contributed by atoms with Gasteiger partial charge in [-0.15, -0.1) is 0 Å². The first kappa shape index (κ1) is 20.3. The molecule has 0 aliphatic carbocycles. The first-order valence-electron chi connectivity index (χ1n) is 10.1. The summed E-state index contributed by atoms with van der Waals surface area (Å²) in [6, 6.07) is 17.5. The third-order valence-electron chi connectivity index (χ3n) is 5.12. The zero-order valence-electron chi connectivity index (χ0n) is 17.1. The maximum absolute atomic E-state index is 11.3. The molecule has 4 rings (SSSR count). The van der Waals surface area contributed by atoms with Crippen LogP contribution in [0.3, 0.4) is 0 Å². The van der Waals surface area contributed by atoms with E-state index in [1.54, 1.807) is 24.8 Å². The van der Waals surface area contributed by atoms with E-state index >= 15 is 0 Å². The van der Waals surface area contributed by atoms with E-state index in [-0.39, 0.29) is 12.3 Å². The number of nitrogens with zero attached hydrogens (tertiary/aromatic N) is 4. The van der Waals surface area contributed by atoms with Gasteiger partial charge in [-0.25, -0.2) is 0 Å². The van der Waals surface area contributed by atoms with Gasteiger partial charge in [0.15, 0.2) is 0 Å². The number of pyridine rings is 4. The Morgan fingerprint density at radius 2 is 1.35 bits per heavy atom. The summed E-state index contributed by atoms with van der Waals surface area (Å²) in [4.78, 5) is 29.1. The molecule has 0 spiro atoms. The minimum absolute atomic E-state index is 0.0618. The molecule has 31 heavy (non-hydrogen) atoms. The Hall–Kier alpha value is -3.93. The highest BCUT2D eigenvalue weighted by atomic mass is 16.4. The van der Waals surface area contributed by atoms with E-state index in [1.807, 2.05) is 61.5 Å². The minimum Gasteiger partial charge on any atom is -0.481 e. The van der Waals surface area contributed by atoms with Crippen LogP contribution in [0.25, 0.3) is 22.8 Å². The van der Waals surface area contributed by atoms with Gasteiger partial charge in [0.05, 0.1) is 22.8 Å². The summed E-state index contributed by atoms with van der Waals surface area (Å²) in [6.07, 6.45) is 7.52. The van der Waals surface area contributed by atoms with Crippen molar-refractivity contribution in [2.45, 2.75) is 25.7 Å². The van der Waals surface area contributed by atoms with Gasteiger partial charge in [0.25, 0.3) is 0 Å². The van der Waals surface area contributed by atoms with Gasteiger partial charge in [-0.05, 0) is 78.6 Å². The second-order valence-corrected chi connectivity index (χ2v) is 7.37. The zero-order valence-corrected chi connectivity index (χ0v) is 17.1. The lowest BCUT2D eigenvalue weighted by atomic mass is 9.87. The lowest BCUT2D eigenvalue weighted by molar-refractivity contribution is -0.137. The number of aliphatic carboxylic acids is 1. The molecule has 4 aromatic rings. The lowest BCUT2D eigenvalue weighted by Gasteiger charge is -2.18. The van der Waals surface area contributed by atoms with Crippen LogP contribution in [0.15, 0.2) is 79.4 Å². The van der Waals surface area contributed by atoms with Crippen molar-refractivity contribution in [2.24, 2.45) is 0 Å². The van der Waals surface area contributed by atoms with E-state index in [1.165, 1.54) is 0 Å². The maximum atomic E-state index is 11.3. The van der Waals surface area contributed by atoms with Gasteiger partial charge in [-0.1, -0.05) is 6.07 Å². The molecule has 1 N–H and O–H groups in total. The minimum atomic E-state index is -0.821. The average Bonchev–Trinajstić information content (AvgIpc) is 2.80. The Bertz CT molecular complexity index is 1190. The molecule has 0 fully saturated rings. The number of hydrogen-bond acceptors (Lipinski definition) is 5. The van der Waals surface area contributed by atoms with E-state index in [0.29, 0.717) is 6.42 Å². The maximum Gasteiger partial charge on any atom is 0.303 e. The van der Waals surface area contributed by atoms with Gasteiger partial charge < -0.3 is 5.11 Å². The van der Waals surface area contributed by atoms with Crippen molar-refractivity contribution < 1.29 is 9.90 Å². The largest absolute Gasteiger partial charge is 0.481 e. The number of rotatable bonds is 7. The topological polar surface area (TPSA) is 88.9 Å². The lowest BCUT2D eigenvalue weighted by Crippen LogP contribution is -2.06. The number of carboxylic acid groups (broad SMARTS) is 1. The smallest absolute Gasteiger partial charge is 0.303 e. The second-order valence-electron chi connectivity index (χ2n) is 7.37. The molecule has 0 aliphatic heterocycles. The monoisotopic (exact) mass is 410 g/mol. The van der Waals surface area contributed by atoms with Crippen LogP contribution in [0.2, 0.25) is 0 Å². The number of carboxylic acids is 1. The molecule has 4 aromatic heterocycles. The Morgan fingerprint density at radius 3 is 1.94 bits per heavy atom. The van der Waals surface area contributed by atoms with Crippen molar-refractivity contribution >= 4 is 5.97 Å². The van der Waals surface area contributed by atoms with Crippen LogP contribution in [0.4, 0.5) is 0 Å². The van der Waals surface area contributed by atoms with Crippen LogP contribution < -0.4 is 0 Å². The first-order valence-corrected chi connectivity index (χ1v) is 10.1. The summed E-state index contributed by atoms with van der Waals surface area (Å²) in [5.41, 5.74) is 6.18. The number of aryl methyl sites for hydroxylation is 1. The zero-order chi connectivity index (χ0) is 21.6. The predicted octanol–water partition coefficient (Wildman–Crippen LogP) is 4.91. The molecule has 4 heterocycles. The van der Waals surface area contributed by atoms with Crippen molar-refractivity contribution in [3.8, 4) is 22.8 Å². The van der Waals surface area contributed by atoms with Crippen LogP contribution >= 0.6 is 0 Å². The summed E-state index contributed by atoms with van der Waals surface area (Å²) in [5, 5.41) is 9.31. The summed E-state index contributed by atoms with van der Waals surface area (Å²) < 4.78 is 0. The molecule has 0 aliphatic rings. The summed E-state index contributed by atoms with van der Waals surface area (Å²) in [5.74, 6) is -0.938. The third kappa shape index (κ3) is 4.98. The van der Waals surface area contributed by atoms with E-state index in [0.717, 1.165) is 39.5 Å². The van der Waals surface area contributed by atoms with E-state index in [2.05, 4.69) is 19.9 Å². The van der Waals surface area contributed by atoms with Crippen LogP contribution in [-0.4, -0.2) is 31.0 Å². The van der Waals surface area contributed by atoms with Gasteiger partial charge in [0, 0.05) is 37.1 Å². The van der Waals surface area contributed by atoms with Crippen LogP contribution in [-0.2, 0) is 4.79 Å².